The van der Waals surface area contributed by atoms with Crippen LogP contribution in [0, 0.1) is 6.92 Å². The molecule has 0 aliphatic carbocycles. The number of rotatable bonds is 5. The molecule has 1 aromatic heterocycles. The normalized spacial score (nSPS) is 18.4. The number of aromatic nitrogens is 1. The van der Waals surface area contributed by atoms with Gasteiger partial charge in [-0.3, -0.25) is 19.4 Å². The maximum Gasteiger partial charge on any atom is 0.325 e. The zero-order valence-corrected chi connectivity index (χ0v) is 17.3. The van der Waals surface area contributed by atoms with Crippen LogP contribution in [0.3, 0.4) is 0 Å². The van der Waals surface area contributed by atoms with E-state index in [2.05, 4.69) is 10.3 Å². The van der Waals surface area contributed by atoms with Gasteiger partial charge >= 0.3 is 6.03 Å². The summed E-state index contributed by atoms with van der Waals surface area (Å²) in [6, 6.07) is 17.4. The maximum atomic E-state index is 13.3. The molecule has 0 saturated carbocycles. The van der Waals surface area contributed by atoms with Crippen LogP contribution in [0.1, 0.15) is 18.2 Å². The molecule has 2 heterocycles. The molecule has 1 saturated heterocycles. The van der Waals surface area contributed by atoms with Gasteiger partial charge in [-0.05, 0) is 31.5 Å². The molecule has 0 bridgehead atoms. The van der Waals surface area contributed by atoms with E-state index in [0.29, 0.717) is 16.4 Å². The topological polar surface area (TPSA) is 82.6 Å². The Morgan fingerprint density at radius 2 is 1.73 bits per heavy atom. The van der Waals surface area contributed by atoms with E-state index in [0.717, 1.165) is 10.6 Å². The van der Waals surface area contributed by atoms with Crippen molar-refractivity contribution in [1.82, 2.24) is 15.2 Å². The molecule has 1 aliphatic heterocycles. The predicted octanol–water partition coefficient (Wildman–Crippen LogP) is 3.58. The highest BCUT2D eigenvalue weighted by atomic mass is 32.1. The lowest BCUT2D eigenvalue weighted by Crippen LogP contribution is -2.43. The number of hydrogen-bond acceptors (Lipinski definition) is 5. The number of thiazole rings is 1. The van der Waals surface area contributed by atoms with Crippen LogP contribution in [0.5, 0.6) is 0 Å². The second-order valence-corrected chi connectivity index (χ2v) is 7.99. The van der Waals surface area contributed by atoms with Crippen molar-refractivity contribution in [2.45, 2.75) is 19.4 Å². The third kappa shape index (κ3) is 3.46. The monoisotopic (exact) mass is 420 g/mol. The minimum absolute atomic E-state index is 0.388. The van der Waals surface area contributed by atoms with Crippen molar-refractivity contribution >= 4 is 40.0 Å². The Hall–Kier alpha value is -3.52. The van der Waals surface area contributed by atoms with E-state index >= 15 is 0 Å². The summed E-state index contributed by atoms with van der Waals surface area (Å²) in [5, 5.41) is 5.06. The highest BCUT2D eigenvalue weighted by molar-refractivity contribution is 7.14. The minimum Gasteiger partial charge on any atom is -0.319 e. The summed E-state index contributed by atoms with van der Waals surface area (Å²) in [7, 11) is 0. The molecular formula is C22H20N4O3S. The van der Waals surface area contributed by atoms with Crippen molar-refractivity contribution < 1.29 is 14.4 Å². The second-order valence-electron chi connectivity index (χ2n) is 7.15. The molecule has 1 fully saturated rings. The van der Waals surface area contributed by atoms with E-state index in [9.17, 15) is 14.4 Å². The molecule has 7 nitrogen and oxygen atoms in total. The summed E-state index contributed by atoms with van der Waals surface area (Å²) in [5.41, 5.74) is 0.854. The van der Waals surface area contributed by atoms with Crippen LogP contribution in [-0.4, -0.2) is 34.3 Å². The van der Waals surface area contributed by atoms with Crippen LogP contribution >= 0.6 is 11.3 Å². The van der Waals surface area contributed by atoms with Gasteiger partial charge in [0.2, 0.25) is 0 Å². The van der Waals surface area contributed by atoms with Crippen LogP contribution < -0.4 is 10.2 Å². The smallest absolute Gasteiger partial charge is 0.319 e. The molecule has 4 amide bonds. The fourth-order valence-electron chi connectivity index (χ4n) is 3.40. The van der Waals surface area contributed by atoms with Gasteiger partial charge in [-0.25, -0.2) is 9.78 Å². The third-order valence-corrected chi connectivity index (χ3v) is 5.93. The summed E-state index contributed by atoms with van der Waals surface area (Å²) in [6.07, 6.45) is 0. The Morgan fingerprint density at radius 3 is 2.33 bits per heavy atom. The van der Waals surface area contributed by atoms with E-state index in [1.54, 1.807) is 43.3 Å². The first kappa shape index (κ1) is 19.8. The Labute approximate surface area is 178 Å². The second kappa shape index (κ2) is 7.72. The summed E-state index contributed by atoms with van der Waals surface area (Å²) in [5.74, 6) is -0.883. The summed E-state index contributed by atoms with van der Waals surface area (Å²) in [4.78, 5) is 45.8. The van der Waals surface area contributed by atoms with Gasteiger partial charge in [0.15, 0.2) is 5.13 Å². The van der Waals surface area contributed by atoms with Crippen LogP contribution in [0.2, 0.25) is 0 Å². The Kier molecular flexibility index (Phi) is 5.09. The summed E-state index contributed by atoms with van der Waals surface area (Å²) >= 11 is 1.33. The number of amides is 4. The molecule has 8 heteroatoms. The van der Waals surface area contributed by atoms with E-state index in [-0.39, 0.29) is 6.54 Å². The van der Waals surface area contributed by atoms with Gasteiger partial charge in [0, 0.05) is 5.38 Å². The highest BCUT2D eigenvalue weighted by Gasteiger charge is 2.49. The van der Waals surface area contributed by atoms with Crippen LogP contribution in [0.15, 0.2) is 66.0 Å². The average molecular weight is 420 g/mol. The van der Waals surface area contributed by atoms with Crippen molar-refractivity contribution in [1.29, 1.82) is 0 Å². The van der Waals surface area contributed by atoms with Gasteiger partial charge in [0.1, 0.15) is 12.1 Å². The summed E-state index contributed by atoms with van der Waals surface area (Å²) < 4.78 is 0. The average Bonchev–Trinajstić information content (AvgIpc) is 3.26. The lowest BCUT2D eigenvalue weighted by atomic mass is 9.92. The molecule has 0 spiro atoms. The number of carbonyl (C=O) groups is 3. The van der Waals surface area contributed by atoms with Crippen molar-refractivity contribution in [2.75, 3.05) is 11.4 Å². The largest absolute Gasteiger partial charge is 0.325 e. The Morgan fingerprint density at radius 1 is 1.10 bits per heavy atom. The quantitative estimate of drug-likeness (QED) is 0.640. The molecule has 0 radical (unpaired) electrons. The number of para-hydroxylation sites is 1. The van der Waals surface area contributed by atoms with Crippen molar-refractivity contribution in [3.05, 3.63) is 77.3 Å². The minimum atomic E-state index is -1.21. The Bertz CT molecular complexity index is 1100. The maximum absolute atomic E-state index is 13.3. The van der Waals surface area contributed by atoms with Crippen LogP contribution in [0.25, 0.3) is 0 Å². The molecule has 2 aromatic carbocycles. The third-order valence-electron chi connectivity index (χ3n) is 4.98. The SMILES string of the molecule is Cc1csc(N(C(=O)CN2C(=O)NC(C)(c3ccccc3)C2=O)c2ccccc2)n1. The van der Waals surface area contributed by atoms with Crippen molar-refractivity contribution in [3.63, 3.8) is 0 Å². The predicted molar refractivity (Wildman–Crippen MR) is 114 cm³/mol. The van der Waals surface area contributed by atoms with Gasteiger partial charge in [0.25, 0.3) is 11.8 Å². The molecule has 1 unspecified atom stereocenters. The van der Waals surface area contributed by atoms with Gasteiger partial charge in [-0.15, -0.1) is 11.3 Å². The molecule has 1 aliphatic rings. The number of anilines is 2. The van der Waals surface area contributed by atoms with E-state index in [1.165, 1.54) is 16.2 Å². The fourth-order valence-corrected chi connectivity index (χ4v) is 4.23. The lowest BCUT2D eigenvalue weighted by Gasteiger charge is -2.24. The van der Waals surface area contributed by atoms with Crippen LogP contribution in [0.4, 0.5) is 15.6 Å². The Balaban J connectivity index is 1.63. The number of carbonyl (C=O) groups excluding carboxylic acids is 3. The first-order valence-corrected chi connectivity index (χ1v) is 10.3. The number of imide groups is 1. The lowest BCUT2D eigenvalue weighted by molar-refractivity contribution is -0.134. The molecule has 1 N–H and O–H groups in total. The van der Waals surface area contributed by atoms with Gasteiger partial charge in [-0.1, -0.05) is 48.5 Å². The van der Waals surface area contributed by atoms with Crippen LogP contribution in [-0.2, 0) is 15.1 Å². The molecule has 30 heavy (non-hydrogen) atoms. The number of nitrogens with one attached hydrogen (secondary N) is 1. The molecule has 3 aromatic rings. The standard InChI is InChI=1S/C22H20N4O3S/c1-15-14-30-21(23-15)26(17-11-7-4-8-12-17)18(27)13-25-19(28)22(2,24-20(25)29)16-9-5-3-6-10-16/h3-12,14H,13H2,1-2H3,(H,24,29). The van der Waals surface area contributed by atoms with E-state index < -0.39 is 23.4 Å². The van der Waals surface area contributed by atoms with Gasteiger partial charge in [0.05, 0.1) is 11.4 Å². The number of nitrogens with zero attached hydrogens (tertiary/aromatic N) is 3. The molecular weight excluding hydrogens is 400 g/mol. The van der Waals surface area contributed by atoms with E-state index in [1.807, 2.05) is 36.6 Å². The fraction of sp³-hybridized carbons (Fsp3) is 0.182. The first-order valence-electron chi connectivity index (χ1n) is 9.40. The number of benzene rings is 2. The molecule has 1 atom stereocenters. The number of urea groups is 1. The van der Waals surface area contributed by atoms with Gasteiger partial charge in [-0.2, -0.15) is 0 Å². The van der Waals surface area contributed by atoms with Gasteiger partial charge < -0.3 is 5.32 Å². The summed E-state index contributed by atoms with van der Waals surface area (Å²) in [6.45, 7) is 3.10. The number of hydrogen-bond donors (Lipinski definition) is 1. The zero-order valence-electron chi connectivity index (χ0n) is 16.5. The molecule has 4 rings (SSSR count). The number of aryl methyl sites for hydroxylation is 1. The first-order chi connectivity index (χ1) is 14.4. The van der Waals surface area contributed by atoms with E-state index in [4.69, 9.17) is 0 Å². The zero-order chi connectivity index (χ0) is 21.3. The molecule has 152 valence electrons. The van der Waals surface area contributed by atoms with Crippen molar-refractivity contribution in [3.8, 4) is 0 Å². The highest BCUT2D eigenvalue weighted by Crippen LogP contribution is 2.31. The van der Waals surface area contributed by atoms with Crippen molar-refractivity contribution in [2.24, 2.45) is 0 Å².